The third-order valence-electron chi connectivity index (χ3n) is 10.0. The van der Waals surface area contributed by atoms with Gasteiger partial charge in [-0.3, -0.25) is 24.0 Å². The molecule has 0 saturated carbocycles. The number of nitrogens with one attached hydrogen (secondary N) is 6. The highest BCUT2D eigenvalue weighted by Gasteiger charge is 2.28. The van der Waals surface area contributed by atoms with E-state index in [1.165, 1.54) is 67.9 Å². The maximum absolute atomic E-state index is 13.8. The van der Waals surface area contributed by atoms with E-state index in [0.717, 1.165) is 32.4 Å². The highest BCUT2D eigenvalue weighted by molar-refractivity contribution is 6.12. The molecule has 0 fully saturated rings. The molecule has 0 spiro atoms. The van der Waals surface area contributed by atoms with E-state index in [4.69, 9.17) is 14.2 Å². The molecule has 1 heterocycles. The van der Waals surface area contributed by atoms with Crippen LogP contribution in [0.3, 0.4) is 0 Å². The fourth-order valence-electron chi connectivity index (χ4n) is 6.57. The molecule has 0 radical (unpaired) electrons. The second kappa shape index (κ2) is 20.9. The summed E-state index contributed by atoms with van der Waals surface area (Å²) in [5.74, 6) is -8.36. The molecule has 5 amide bonds. The standard InChI is InChI=1S/C46H42N8O14/c1-22(19-23-5-11-27(55)12-6-23)41(59)48-25-9-7-24(8-10-25)42(60)52-34(20-26-21-47-54-53-26)45(63)51-33-17-14-29(36(57)39(33)67-3)43(61)49-31-16-13-28(35(56)38(31)66-2)44(62)50-32-18-15-30(46(64)65)37(58)40(32)68-4/h5-19,21,34,55-58H,20H2,1-4H3,(H,48,59)(H,49,61)(H,50,62)(H,51,63)(H,52,60)(H,64,65)(H,47,53,54)/b22-19+/t34-/m0/s1. The van der Waals surface area contributed by atoms with Crippen molar-refractivity contribution in [3.63, 3.8) is 0 Å². The summed E-state index contributed by atoms with van der Waals surface area (Å²) in [4.78, 5) is 78.3. The van der Waals surface area contributed by atoms with Crippen molar-refractivity contribution in [3.05, 3.63) is 130 Å². The van der Waals surface area contributed by atoms with Gasteiger partial charge < -0.3 is 66.3 Å². The number of carboxylic acid groups (broad SMARTS) is 1. The van der Waals surface area contributed by atoms with Crippen molar-refractivity contribution < 1.29 is 68.5 Å². The van der Waals surface area contributed by atoms with Gasteiger partial charge in [-0.25, -0.2) is 4.79 Å². The second-order valence-electron chi connectivity index (χ2n) is 14.5. The molecule has 0 saturated heterocycles. The van der Waals surface area contributed by atoms with Crippen LogP contribution >= 0.6 is 0 Å². The summed E-state index contributed by atoms with van der Waals surface area (Å²) in [6.45, 7) is 1.62. The SMILES string of the molecule is COc1c(NC(=O)c2ccc(NC(=O)c3ccc(NC(=O)[C@H](Cc4cn[nH]n4)NC(=O)c4ccc(NC(=O)/C(C)=C/c5ccc(O)cc5)cc4)c(OC)c3O)c(OC)c2O)ccc(C(=O)O)c1O. The van der Waals surface area contributed by atoms with Crippen LogP contribution in [0.1, 0.15) is 59.6 Å². The summed E-state index contributed by atoms with van der Waals surface area (Å²) in [5.41, 5.74) is 0.321. The van der Waals surface area contributed by atoms with Crippen LogP contribution in [0.2, 0.25) is 0 Å². The molecule has 22 heteroatoms. The number of hydrogen-bond acceptors (Lipinski definition) is 15. The Morgan fingerprint density at radius 1 is 0.632 bits per heavy atom. The summed E-state index contributed by atoms with van der Waals surface area (Å²) >= 11 is 0. The number of H-pyrrole nitrogens is 1. The zero-order valence-electron chi connectivity index (χ0n) is 36.3. The molecule has 5 aromatic carbocycles. The van der Waals surface area contributed by atoms with Crippen LogP contribution in [0.4, 0.5) is 22.7 Å². The van der Waals surface area contributed by atoms with Crippen LogP contribution in [0.15, 0.2) is 96.7 Å². The van der Waals surface area contributed by atoms with Crippen LogP contribution in [0.5, 0.6) is 40.2 Å². The second-order valence-corrected chi connectivity index (χ2v) is 14.5. The van der Waals surface area contributed by atoms with Crippen molar-refractivity contribution in [2.45, 2.75) is 19.4 Å². The number of aromatic amines is 1. The number of carboxylic acids is 1. The van der Waals surface area contributed by atoms with E-state index in [-0.39, 0.29) is 63.2 Å². The number of anilines is 4. The lowest BCUT2D eigenvalue weighted by Crippen LogP contribution is -2.45. The van der Waals surface area contributed by atoms with Crippen LogP contribution in [0, 0.1) is 0 Å². The van der Waals surface area contributed by atoms with Gasteiger partial charge in [0.25, 0.3) is 23.6 Å². The fraction of sp³-hybridized carbons (Fsp3) is 0.130. The maximum Gasteiger partial charge on any atom is 0.339 e. The molecule has 1 aromatic heterocycles. The van der Waals surface area contributed by atoms with Gasteiger partial charge in [0.2, 0.25) is 5.91 Å². The zero-order valence-corrected chi connectivity index (χ0v) is 36.3. The monoisotopic (exact) mass is 930 g/mol. The fourth-order valence-corrected chi connectivity index (χ4v) is 6.57. The van der Waals surface area contributed by atoms with Gasteiger partial charge in [-0.1, -0.05) is 12.1 Å². The van der Waals surface area contributed by atoms with Crippen molar-refractivity contribution in [2.24, 2.45) is 0 Å². The van der Waals surface area contributed by atoms with Crippen molar-refractivity contribution >= 4 is 64.3 Å². The van der Waals surface area contributed by atoms with Gasteiger partial charge in [0.05, 0.1) is 61.4 Å². The van der Waals surface area contributed by atoms with E-state index in [1.807, 2.05) is 0 Å². The first kappa shape index (κ1) is 47.9. The van der Waals surface area contributed by atoms with E-state index in [2.05, 4.69) is 42.0 Å². The Morgan fingerprint density at radius 2 is 1.13 bits per heavy atom. The largest absolute Gasteiger partial charge is 0.508 e. The van der Waals surface area contributed by atoms with Gasteiger partial charge in [-0.15, -0.1) is 0 Å². The number of phenols is 4. The molecular formula is C46H42N8O14. The molecule has 350 valence electrons. The first-order valence-electron chi connectivity index (χ1n) is 19.9. The normalized spacial score (nSPS) is 11.4. The molecule has 68 heavy (non-hydrogen) atoms. The molecule has 6 aromatic rings. The number of amides is 5. The Labute approximate surface area is 385 Å². The molecule has 0 unspecified atom stereocenters. The highest BCUT2D eigenvalue weighted by atomic mass is 16.5. The lowest BCUT2D eigenvalue weighted by atomic mass is 10.1. The van der Waals surface area contributed by atoms with Crippen LogP contribution in [-0.4, -0.2) is 104 Å². The van der Waals surface area contributed by atoms with Gasteiger partial charge in [0, 0.05) is 23.2 Å². The lowest BCUT2D eigenvalue weighted by molar-refractivity contribution is -0.118. The predicted molar refractivity (Wildman–Crippen MR) is 244 cm³/mol. The van der Waals surface area contributed by atoms with E-state index >= 15 is 0 Å². The maximum atomic E-state index is 13.8. The number of nitrogens with zero attached hydrogens (tertiary/aromatic N) is 2. The molecule has 0 aliphatic heterocycles. The van der Waals surface area contributed by atoms with Gasteiger partial charge in [-0.2, -0.15) is 15.4 Å². The number of hydrogen-bond donors (Lipinski definition) is 11. The number of phenolic OH excluding ortho intramolecular Hbond substituents is 3. The highest BCUT2D eigenvalue weighted by Crippen LogP contribution is 2.42. The third-order valence-corrected chi connectivity index (χ3v) is 10.0. The van der Waals surface area contributed by atoms with Gasteiger partial charge in [0.1, 0.15) is 17.4 Å². The summed E-state index contributed by atoms with van der Waals surface area (Å²) in [6, 6.07) is 17.9. The number of carbonyl (C=O) groups excluding carboxylic acids is 5. The smallest absolute Gasteiger partial charge is 0.339 e. The predicted octanol–water partition coefficient (Wildman–Crippen LogP) is 4.88. The Kier molecular flexibility index (Phi) is 14.7. The lowest BCUT2D eigenvalue weighted by Gasteiger charge is -2.20. The number of aromatic hydroxyl groups is 4. The van der Waals surface area contributed by atoms with Crippen molar-refractivity contribution in [3.8, 4) is 40.2 Å². The number of carbonyl (C=O) groups is 6. The van der Waals surface area contributed by atoms with E-state index < -0.39 is 64.4 Å². The molecule has 22 nitrogen and oxygen atoms in total. The summed E-state index contributed by atoms with van der Waals surface area (Å²) in [7, 11) is 3.46. The number of aromatic carboxylic acids is 1. The van der Waals surface area contributed by atoms with E-state index in [0.29, 0.717) is 22.5 Å². The van der Waals surface area contributed by atoms with Crippen molar-refractivity contribution in [2.75, 3.05) is 42.6 Å². The average Bonchev–Trinajstić information content (AvgIpc) is 3.83. The number of rotatable bonds is 17. The van der Waals surface area contributed by atoms with E-state index in [9.17, 15) is 54.3 Å². The van der Waals surface area contributed by atoms with Gasteiger partial charge >= 0.3 is 5.97 Å². The molecule has 6 rings (SSSR count). The van der Waals surface area contributed by atoms with Gasteiger partial charge in [-0.05, 0) is 91.4 Å². The minimum absolute atomic E-state index is 0.0914. The van der Waals surface area contributed by atoms with Crippen LogP contribution in [0.25, 0.3) is 6.08 Å². The number of methoxy groups -OCH3 is 3. The molecule has 11 N–H and O–H groups in total. The Morgan fingerprint density at radius 3 is 1.62 bits per heavy atom. The third kappa shape index (κ3) is 10.8. The van der Waals surface area contributed by atoms with Crippen molar-refractivity contribution in [1.29, 1.82) is 0 Å². The van der Waals surface area contributed by atoms with E-state index in [1.54, 1.807) is 25.1 Å². The number of ether oxygens (including phenoxy) is 3. The Hall–Kier alpha value is -9.60. The molecule has 0 aliphatic rings. The van der Waals surface area contributed by atoms with Crippen LogP contribution < -0.4 is 40.8 Å². The molecular weight excluding hydrogens is 889 g/mol. The molecule has 0 aliphatic carbocycles. The first-order valence-corrected chi connectivity index (χ1v) is 19.9. The Balaban J connectivity index is 1.15. The van der Waals surface area contributed by atoms with Crippen molar-refractivity contribution in [1.82, 2.24) is 20.7 Å². The first-order chi connectivity index (χ1) is 32.5. The Bertz CT molecular complexity index is 2940. The molecule has 1 atom stereocenters. The summed E-state index contributed by atoms with van der Waals surface area (Å²) in [6.07, 6.45) is 2.85. The minimum atomic E-state index is -1.44. The quantitative estimate of drug-likeness (QED) is 0.0543. The zero-order chi connectivity index (χ0) is 49.2. The average molecular weight is 931 g/mol. The summed E-state index contributed by atoms with van der Waals surface area (Å²) in [5, 5.41) is 74.5. The summed E-state index contributed by atoms with van der Waals surface area (Å²) < 4.78 is 15.7. The topological polar surface area (TPSA) is 333 Å². The van der Waals surface area contributed by atoms with Gasteiger partial charge in [0.15, 0.2) is 34.5 Å². The minimum Gasteiger partial charge on any atom is -0.508 e. The molecule has 0 bridgehead atoms. The number of aromatic nitrogens is 3. The number of benzene rings is 5. The van der Waals surface area contributed by atoms with Crippen LogP contribution in [-0.2, 0) is 16.0 Å².